The molecule has 0 aromatic heterocycles. The van der Waals surface area contributed by atoms with Crippen molar-refractivity contribution in [3.63, 3.8) is 0 Å². The molecule has 0 spiro atoms. The number of rotatable bonds is 0. The first-order valence-corrected chi connectivity index (χ1v) is 2.67. The van der Waals surface area contributed by atoms with Crippen molar-refractivity contribution in [3.8, 4) is 0 Å². The molecule has 1 nitrogen and oxygen atoms in total. The van der Waals surface area contributed by atoms with Crippen molar-refractivity contribution in [2.75, 3.05) is 5.73 Å². The van der Waals surface area contributed by atoms with Gasteiger partial charge in [0.1, 0.15) is 0 Å². The van der Waals surface area contributed by atoms with Crippen LogP contribution in [0, 0.1) is 18.6 Å². The third-order valence-corrected chi connectivity index (χ3v) is 1.18. The zero-order chi connectivity index (χ0) is 7.72. The Hall–Kier alpha value is -1.12. The van der Waals surface area contributed by atoms with Crippen LogP contribution >= 0.6 is 0 Å². The van der Waals surface area contributed by atoms with Crippen molar-refractivity contribution in [1.82, 2.24) is 0 Å². The summed E-state index contributed by atoms with van der Waals surface area (Å²) in [5.74, 6) is -1.86. The van der Waals surface area contributed by atoms with Gasteiger partial charge < -0.3 is 5.73 Å². The molecule has 0 bridgehead atoms. The summed E-state index contributed by atoms with van der Waals surface area (Å²) in [7, 11) is 0. The highest BCUT2D eigenvalue weighted by Crippen LogP contribution is 2.14. The molecule has 0 heterocycles. The average Bonchev–Trinajstić information content (AvgIpc) is 1.84. The topological polar surface area (TPSA) is 26.0 Å². The number of hydrogen-bond donors (Lipinski definition) is 1. The Bertz CT molecular complexity index is 208. The normalized spacial score (nSPS) is 9.90. The predicted molar refractivity (Wildman–Crippen MR) is 35.2 cm³/mol. The summed E-state index contributed by atoms with van der Waals surface area (Å²) in [5.41, 5.74) is 5.69. The molecule has 2 N–H and O–H groups in total. The molecular weight excluding hydrogens is 136 g/mol. The van der Waals surface area contributed by atoms with E-state index < -0.39 is 11.6 Å². The first-order chi connectivity index (χ1) is 4.61. The highest BCUT2D eigenvalue weighted by molar-refractivity contribution is 5.48. The lowest BCUT2D eigenvalue weighted by Crippen LogP contribution is -1.93. The molecule has 3 heteroatoms. The molecule has 1 radical (unpaired) electrons. The molecule has 0 aliphatic carbocycles. The maximum atomic E-state index is 12.3. The molecule has 0 saturated carbocycles. The summed E-state index contributed by atoms with van der Waals surface area (Å²) in [6.45, 7) is 3.39. The van der Waals surface area contributed by atoms with Crippen LogP contribution in [0.15, 0.2) is 12.1 Å². The Morgan fingerprint density at radius 2 is 1.70 bits per heavy atom. The van der Waals surface area contributed by atoms with E-state index in [-0.39, 0.29) is 5.69 Å². The van der Waals surface area contributed by atoms with Gasteiger partial charge >= 0.3 is 0 Å². The van der Waals surface area contributed by atoms with Gasteiger partial charge in [0, 0.05) is 11.8 Å². The highest BCUT2D eigenvalue weighted by Gasteiger charge is 2.02. The molecule has 0 aliphatic rings. The Morgan fingerprint density at radius 3 is 2.20 bits per heavy atom. The van der Waals surface area contributed by atoms with Gasteiger partial charge in [-0.1, -0.05) is 0 Å². The molecule has 0 amide bonds. The van der Waals surface area contributed by atoms with Crippen molar-refractivity contribution in [2.45, 2.75) is 0 Å². The van der Waals surface area contributed by atoms with E-state index in [9.17, 15) is 8.78 Å². The van der Waals surface area contributed by atoms with Crippen molar-refractivity contribution in [2.24, 2.45) is 0 Å². The van der Waals surface area contributed by atoms with Crippen LogP contribution in [0.5, 0.6) is 0 Å². The second kappa shape index (κ2) is 2.25. The minimum absolute atomic E-state index is 0.166. The van der Waals surface area contributed by atoms with Crippen molar-refractivity contribution in [1.29, 1.82) is 0 Å². The number of hydrogen-bond acceptors (Lipinski definition) is 1. The molecule has 0 saturated heterocycles. The molecule has 10 heavy (non-hydrogen) atoms. The van der Waals surface area contributed by atoms with Crippen LogP contribution in [0.25, 0.3) is 0 Å². The smallest absolute Gasteiger partial charge is 0.160 e. The fourth-order valence-electron chi connectivity index (χ4n) is 0.603. The quantitative estimate of drug-likeness (QED) is 0.548. The lowest BCUT2D eigenvalue weighted by molar-refractivity contribution is 0.509. The van der Waals surface area contributed by atoms with Crippen LogP contribution in [-0.4, -0.2) is 0 Å². The molecule has 1 aromatic carbocycles. The third-order valence-electron chi connectivity index (χ3n) is 1.18. The van der Waals surface area contributed by atoms with Crippen LogP contribution < -0.4 is 5.73 Å². The Kier molecular flexibility index (Phi) is 1.57. The average molecular weight is 142 g/mol. The maximum absolute atomic E-state index is 12.3. The van der Waals surface area contributed by atoms with Crippen LogP contribution in [0.4, 0.5) is 14.5 Å². The SMILES string of the molecule is [CH2]c1cc(F)c(F)cc1N. The van der Waals surface area contributed by atoms with Crippen LogP contribution in [-0.2, 0) is 0 Å². The Morgan fingerprint density at radius 1 is 1.20 bits per heavy atom. The fraction of sp³-hybridized carbons (Fsp3) is 0. The first-order valence-electron chi connectivity index (χ1n) is 2.67. The van der Waals surface area contributed by atoms with Gasteiger partial charge in [0.05, 0.1) is 0 Å². The lowest BCUT2D eigenvalue weighted by atomic mass is 10.2. The van der Waals surface area contributed by atoms with Gasteiger partial charge in [0.25, 0.3) is 0 Å². The first kappa shape index (κ1) is 6.99. The summed E-state index contributed by atoms with van der Waals surface area (Å²) < 4.78 is 24.6. The summed E-state index contributed by atoms with van der Waals surface area (Å²) in [6, 6.07) is 1.88. The van der Waals surface area contributed by atoms with Gasteiger partial charge in [-0.2, -0.15) is 0 Å². The number of halogens is 2. The van der Waals surface area contributed by atoms with E-state index in [0.717, 1.165) is 12.1 Å². The van der Waals surface area contributed by atoms with E-state index in [2.05, 4.69) is 6.92 Å². The van der Waals surface area contributed by atoms with Crippen LogP contribution in [0.2, 0.25) is 0 Å². The molecule has 0 fully saturated rings. The van der Waals surface area contributed by atoms with E-state index in [4.69, 9.17) is 5.73 Å². The van der Waals surface area contributed by atoms with Gasteiger partial charge in [0.2, 0.25) is 0 Å². The molecule has 0 unspecified atom stereocenters. The summed E-state index contributed by atoms with van der Waals surface area (Å²) in [4.78, 5) is 0. The number of anilines is 1. The van der Waals surface area contributed by atoms with Crippen molar-refractivity contribution in [3.05, 3.63) is 36.3 Å². The summed E-state index contributed by atoms with van der Waals surface area (Å²) in [6.07, 6.45) is 0. The predicted octanol–water partition coefficient (Wildman–Crippen LogP) is 1.73. The zero-order valence-corrected chi connectivity index (χ0v) is 5.20. The maximum Gasteiger partial charge on any atom is 0.160 e. The van der Waals surface area contributed by atoms with E-state index in [1.165, 1.54) is 0 Å². The minimum Gasteiger partial charge on any atom is -0.398 e. The standard InChI is InChI=1S/C7H6F2N/c1-4-2-5(8)6(9)3-7(4)10/h2-3H,1,10H2. The van der Waals surface area contributed by atoms with Crippen molar-refractivity contribution >= 4 is 5.69 Å². The molecule has 1 aromatic rings. The Labute approximate surface area is 57.5 Å². The second-order valence-corrected chi connectivity index (χ2v) is 1.97. The highest BCUT2D eigenvalue weighted by atomic mass is 19.2. The largest absolute Gasteiger partial charge is 0.398 e. The molecule has 1 rings (SSSR count). The monoisotopic (exact) mass is 142 g/mol. The summed E-state index contributed by atoms with van der Waals surface area (Å²) in [5, 5.41) is 0. The van der Waals surface area contributed by atoms with Gasteiger partial charge in [-0.25, -0.2) is 8.78 Å². The van der Waals surface area contributed by atoms with Crippen molar-refractivity contribution < 1.29 is 8.78 Å². The zero-order valence-electron chi connectivity index (χ0n) is 5.20. The molecule has 0 atom stereocenters. The van der Waals surface area contributed by atoms with E-state index >= 15 is 0 Å². The van der Waals surface area contributed by atoms with Gasteiger partial charge in [-0.05, 0) is 18.6 Å². The van der Waals surface area contributed by atoms with Gasteiger partial charge in [-0.3, -0.25) is 0 Å². The third kappa shape index (κ3) is 1.07. The number of nitrogen functional groups attached to an aromatic ring is 1. The second-order valence-electron chi connectivity index (χ2n) is 1.97. The van der Waals surface area contributed by atoms with Gasteiger partial charge in [0.15, 0.2) is 11.6 Å². The molecule has 53 valence electrons. The Balaban J connectivity index is 3.28. The lowest BCUT2D eigenvalue weighted by Gasteiger charge is -1.98. The minimum atomic E-state index is -0.940. The van der Waals surface area contributed by atoms with Crippen LogP contribution in [0.3, 0.4) is 0 Å². The van der Waals surface area contributed by atoms with E-state index in [0.29, 0.717) is 5.56 Å². The van der Waals surface area contributed by atoms with E-state index in [1.807, 2.05) is 0 Å². The number of nitrogens with two attached hydrogens (primary N) is 1. The fourth-order valence-corrected chi connectivity index (χ4v) is 0.603. The van der Waals surface area contributed by atoms with Gasteiger partial charge in [-0.15, -0.1) is 0 Å². The van der Waals surface area contributed by atoms with E-state index in [1.54, 1.807) is 0 Å². The molecular formula is C7H6F2N. The number of benzene rings is 1. The van der Waals surface area contributed by atoms with Crippen LogP contribution in [0.1, 0.15) is 5.56 Å². The summed E-state index contributed by atoms with van der Waals surface area (Å²) >= 11 is 0. The molecule has 0 aliphatic heterocycles.